The molecule has 38 nitrogen and oxygen atoms in total. The number of amides is 1. The van der Waals surface area contributed by atoms with Gasteiger partial charge in [0.25, 0.3) is 5.91 Å². The molecule has 1 aromatic carbocycles. The Morgan fingerprint density at radius 2 is 0.596 bits per heavy atom. The van der Waals surface area contributed by atoms with Crippen LogP contribution >= 0.6 is 0 Å². The predicted octanol–water partition coefficient (Wildman–Crippen LogP) is -11.8. The molecule has 35 atom stereocenters. The van der Waals surface area contributed by atoms with Gasteiger partial charge in [-0.25, -0.2) is 0 Å². The maximum absolute atomic E-state index is 13.8. The third kappa shape index (κ3) is 14.7. The van der Waals surface area contributed by atoms with Crippen molar-refractivity contribution in [1.82, 2.24) is 10.5 Å². The number of aliphatic hydroxyl groups excluding tert-OH is 20. The summed E-state index contributed by atoms with van der Waals surface area (Å²) < 4.78 is 86.7. The van der Waals surface area contributed by atoms with E-state index < -0.39 is 267 Å². The van der Waals surface area contributed by atoms with Crippen molar-refractivity contribution in [1.29, 1.82) is 0 Å². The Kier molecular flexibility index (Phi) is 23.8. The molecule has 23 rings (SSSR count). The molecule has 534 valence electrons. The van der Waals surface area contributed by atoms with Gasteiger partial charge in [0.1, 0.15) is 177 Å². The van der Waals surface area contributed by atoms with Crippen LogP contribution in [0.4, 0.5) is 0 Å². The van der Waals surface area contributed by atoms with Crippen LogP contribution in [0.1, 0.15) is 36.9 Å². The minimum Gasteiger partial charge on any atom is -0.394 e. The molecule has 14 bridgehead atoms. The number of hydrogen-bond acceptors (Lipinski definition) is 37. The Hall–Kier alpha value is -3.46. The first kappa shape index (κ1) is 73.3. The Labute approximate surface area is 533 Å². The van der Waals surface area contributed by atoms with E-state index in [-0.39, 0.29) is 16.9 Å². The van der Waals surface area contributed by atoms with Crippen LogP contribution < -0.4 is 5.32 Å². The first-order chi connectivity index (χ1) is 44.7. The maximum atomic E-state index is 13.8. The van der Waals surface area contributed by atoms with Gasteiger partial charge in [-0.1, -0.05) is 50.2 Å². The predicted molar refractivity (Wildman–Crippen MR) is 294 cm³/mol. The summed E-state index contributed by atoms with van der Waals surface area (Å²) >= 11 is 0. The summed E-state index contributed by atoms with van der Waals surface area (Å²) in [4.78, 5) is 13.8. The van der Waals surface area contributed by atoms with Crippen molar-refractivity contribution >= 4 is 5.91 Å². The zero-order valence-electron chi connectivity index (χ0n) is 50.5. The first-order valence-electron chi connectivity index (χ1n) is 30.4. The second kappa shape index (κ2) is 30.6. The van der Waals surface area contributed by atoms with Gasteiger partial charge < -0.3 is 178 Å². The van der Waals surface area contributed by atoms with Gasteiger partial charge >= 0.3 is 0 Å². The highest BCUT2D eigenvalue weighted by atomic mass is 16.8. The molecule has 0 aliphatic carbocycles. The molecule has 22 heterocycles. The fraction of sp³-hybridized carbons (Fsp3) is 0.821. The van der Waals surface area contributed by atoms with Gasteiger partial charge in [0, 0.05) is 18.2 Å². The summed E-state index contributed by atoms with van der Waals surface area (Å²) in [5.74, 6) is -1.29. The van der Waals surface area contributed by atoms with E-state index in [1.165, 1.54) is 6.07 Å². The van der Waals surface area contributed by atoms with E-state index in [1.807, 2.05) is 32.9 Å². The molecule has 1 aromatic heterocycles. The molecule has 21 aliphatic rings. The highest BCUT2D eigenvalue weighted by Crippen LogP contribution is 2.39. The van der Waals surface area contributed by atoms with E-state index in [0.717, 1.165) is 5.56 Å². The lowest BCUT2D eigenvalue weighted by Gasteiger charge is -2.50. The average molecular weight is 1360 g/mol. The zero-order valence-corrected chi connectivity index (χ0v) is 50.5. The van der Waals surface area contributed by atoms with Crippen molar-refractivity contribution in [2.24, 2.45) is 0 Å². The molecule has 0 spiro atoms. The monoisotopic (exact) mass is 1360 g/mol. The molecule has 21 aliphatic heterocycles. The topological polar surface area (TPSA) is 589 Å². The summed E-state index contributed by atoms with van der Waals surface area (Å²) in [5.41, 5.74) is 1.64. The van der Waals surface area contributed by atoms with E-state index in [4.69, 9.17) is 70.8 Å². The van der Waals surface area contributed by atoms with Crippen LogP contribution in [0.5, 0.6) is 0 Å². The molecular formula is C56H84N2O36. The third-order valence-corrected chi connectivity index (χ3v) is 17.8. The molecule has 0 unspecified atom stereocenters. The number of nitrogens with zero attached hydrogens (tertiary/aromatic N) is 1. The fourth-order valence-corrected chi connectivity index (χ4v) is 12.4. The number of benzene rings is 1. The van der Waals surface area contributed by atoms with Crippen molar-refractivity contribution in [3.63, 3.8) is 0 Å². The van der Waals surface area contributed by atoms with Gasteiger partial charge in [-0.2, -0.15) is 0 Å². The Morgan fingerprint density at radius 1 is 0.362 bits per heavy atom. The summed E-state index contributed by atoms with van der Waals surface area (Å²) in [6.07, 6.45) is -72.0. The normalized spacial score (nSPS) is 47.6. The van der Waals surface area contributed by atoms with Crippen molar-refractivity contribution in [3.05, 3.63) is 41.7 Å². The number of carbonyl (C=O) groups is 1. The largest absolute Gasteiger partial charge is 0.394 e. The van der Waals surface area contributed by atoms with Crippen LogP contribution in [0.25, 0.3) is 11.3 Å². The lowest BCUT2D eigenvalue weighted by molar-refractivity contribution is -0.396. The number of hydrogen-bond donors (Lipinski definition) is 21. The van der Waals surface area contributed by atoms with E-state index in [9.17, 15) is 107 Å². The van der Waals surface area contributed by atoms with E-state index in [0.29, 0.717) is 5.56 Å². The number of nitrogens with one attached hydrogen (secondary N) is 1. The van der Waals surface area contributed by atoms with Crippen LogP contribution in [-0.4, -0.2) is 374 Å². The van der Waals surface area contributed by atoms with Crippen molar-refractivity contribution < 1.29 is 178 Å². The molecule has 21 fully saturated rings. The van der Waals surface area contributed by atoms with Crippen LogP contribution in [0.15, 0.2) is 34.9 Å². The van der Waals surface area contributed by atoms with Gasteiger partial charge in [-0.05, 0) is 11.0 Å². The maximum Gasteiger partial charge on any atom is 0.290 e. The van der Waals surface area contributed by atoms with E-state index in [2.05, 4.69) is 10.5 Å². The highest BCUT2D eigenvalue weighted by molar-refractivity contribution is 5.92. The van der Waals surface area contributed by atoms with Crippen molar-refractivity contribution in [2.45, 2.75) is 241 Å². The summed E-state index contributed by atoms with van der Waals surface area (Å²) in [5, 5.41) is 231. The number of aliphatic hydroxyl groups is 20. The number of carbonyl (C=O) groups excluding carboxylic acids is 1. The van der Waals surface area contributed by atoms with Gasteiger partial charge in [0.15, 0.2) is 44.0 Å². The fourth-order valence-electron chi connectivity index (χ4n) is 12.4. The zero-order chi connectivity index (χ0) is 68.1. The molecule has 0 radical (unpaired) electrons. The number of aromatic nitrogens is 1. The van der Waals surface area contributed by atoms with E-state index >= 15 is 0 Å². The minimum atomic E-state index is -2.29. The van der Waals surface area contributed by atoms with Crippen molar-refractivity contribution in [3.8, 4) is 11.3 Å². The van der Waals surface area contributed by atoms with Crippen molar-refractivity contribution in [2.75, 3.05) is 46.2 Å². The SMILES string of the molecule is CC(C)(C)c1ccc(-c2cc(C(=O)NC[C@H]3O[C@@H]4O[C@H]5[C@H](O)[C@@H](O)[C@@H](O[C@H]6[C@H](O)[C@@H](O)[C@@H](O[C@H]7[C@H](O)[C@@H](O)[C@@H](O[C@H]8[C@H](O)[C@@H](O)[C@@H](O[C@H]9[C@H](O)[C@@H](O)[C@@H](O[C@H]%10[C@H](O)[C@@H](O)[C@@H](O[C@H]3[C@H](O)[C@H]4O)O[C@@H]%10CO)O[C@@H]9CO)O[C@@H]8CO)O[C@@H]7CO)O[C@@H]6CO)O[C@@H]5CO)on2)cc1. The molecule has 1 amide bonds. The number of ether oxygens (including phenoxy) is 14. The highest BCUT2D eigenvalue weighted by Gasteiger charge is 2.60. The number of rotatable bonds is 10. The molecular weight excluding hydrogens is 1280 g/mol. The third-order valence-electron chi connectivity index (χ3n) is 17.8. The van der Waals surface area contributed by atoms with Gasteiger partial charge in [0.2, 0.25) is 5.76 Å². The quantitative estimate of drug-likeness (QED) is 0.105. The summed E-state index contributed by atoms with van der Waals surface area (Å²) in [6.45, 7) is -1.13. The lowest BCUT2D eigenvalue weighted by atomic mass is 9.86. The Balaban J connectivity index is 0.941. The van der Waals surface area contributed by atoms with Crippen LogP contribution in [0, 0.1) is 0 Å². The smallest absolute Gasteiger partial charge is 0.290 e. The van der Waals surface area contributed by atoms with Crippen LogP contribution in [0.3, 0.4) is 0 Å². The lowest BCUT2D eigenvalue weighted by Crippen LogP contribution is -2.68. The average Bonchev–Trinajstić information content (AvgIpc) is 0.861. The van der Waals surface area contributed by atoms with Gasteiger partial charge in [-0.15, -0.1) is 0 Å². The molecule has 94 heavy (non-hydrogen) atoms. The Morgan fingerprint density at radius 3 is 0.830 bits per heavy atom. The summed E-state index contributed by atoms with van der Waals surface area (Å²) in [7, 11) is 0. The minimum absolute atomic E-state index is 0.188. The first-order valence-corrected chi connectivity index (χ1v) is 30.4. The van der Waals surface area contributed by atoms with E-state index in [1.54, 1.807) is 12.1 Å². The second-order valence-corrected chi connectivity index (χ2v) is 25.1. The summed E-state index contributed by atoms with van der Waals surface area (Å²) in [6, 6.07) is 8.59. The van der Waals surface area contributed by atoms with Crippen LogP contribution in [0.2, 0.25) is 0 Å². The molecule has 38 heteroatoms. The molecule has 0 saturated carbocycles. The molecule has 21 N–H and O–H groups in total. The second-order valence-electron chi connectivity index (χ2n) is 25.1. The Bertz CT molecular complexity index is 2720. The molecule has 2 aromatic rings. The molecule has 21 saturated heterocycles. The van der Waals surface area contributed by atoms with Crippen LogP contribution in [-0.2, 0) is 71.7 Å². The van der Waals surface area contributed by atoms with Gasteiger partial charge in [0.05, 0.1) is 39.6 Å². The van der Waals surface area contributed by atoms with Gasteiger partial charge in [-0.3, -0.25) is 4.79 Å². The standard InChI is InChI=1S/C56H84N2O36/c1-56(2,3)17-6-4-16(5-7-17)18-8-19(94-58-18)48(79)57-9-20-41-27(65)34(72)49(80-20)88-42-21(10-59)82-51(36(74)29(42)67)90-44-23(12-61)84-53(38(76)31(44)69)92-46-25(14-63)86-55(40(78)33(46)71)93-47-26(15-64)85-54(39(77)32(47)70)91-45-24(13-62)83-52(37(75)30(45)68)89-43-22(11-60)81-50(87-41)35(73)28(43)66/h4-8,20-47,49-55,59-78H,9-15H2,1-3H3,(H,57,79)/t20-,21-,22-,23-,24-,25-,26-,27-,28-,29-,30-,31-,32-,33-,34-,35-,36-,37-,38-,39-,40-,41-,42-,43-,44-,45-,46-,47-,49-,50-,51-,52-,53-,54-,55-/m1/s1.